The molecule has 1 saturated heterocycles. The minimum absolute atomic E-state index is 0.0126. The number of aryl methyl sites for hydroxylation is 1. The molecule has 172 valence electrons. The van der Waals surface area contributed by atoms with Gasteiger partial charge in [0.15, 0.2) is 11.5 Å². The number of hydrogen-bond acceptors (Lipinski definition) is 4. The van der Waals surface area contributed by atoms with E-state index in [4.69, 9.17) is 9.47 Å². The van der Waals surface area contributed by atoms with Gasteiger partial charge < -0.3 is 19.3 Å². The molecule has 0 unspecified atom stereocenters. The van der Waals surface area contributed by atoms with Crippen LogP contribution in [0.1, 0.15) is 27.9 Å². The summed E-state index contributed by atoms with van der Waals surface area (Å²) >= 11 is 0. The highest BCUT2D eigenvalue weighted by atomic mass is 19.4. The lowest BCUT2D eigenvalue weighted by Gasteiger charge is -2.35. The van der Waals surface area contributed by atoms with Gasteiger partial charge in [0, 0.05) is 38.2 Å². The second-order valence-corrected chi connectivity index (χ2v) is 7.44. The Morgan fingerprint density at radius 2 is 1.47 bits per heavy atom. The Labute approximate surface area is 184 Å². The molecule has 2 aromatic rings. The summed E-state index contributed by atoms with van der Waals surface area (Å²) in [4.78, 5) is 28.4. The number of amides is 2. The van der Waals surface area contributed by atoms with Crippen molar-refractivity contribution in [2.45, 2.75) is 19.0 Å². The second-order valence-electron chi connectivity index (χ2n) is 7.44. The zero-order valence-corrected chi connectivity index (χ0v) is 17.9. The van der Waals surface area contributed by atoms with Crippen LogP contribution < -0.4 is 9.47 Å². The van der Waals surface area contributed by atoms with Gasteiger partial charge in [0.2, 0.25) is 5.91 Å². The molecule has 0 saturated carbocycles. The van der Waals surface area contributed by atoms with Gasteiger partial charge in [0.1, 0.15) is 0 Å². The maximum atomic E-state index is 12.7. The molecular formula is C23H25F3N2O4. The Hall–Kier alpha value is -3.23. The molecule has 1 aliphatic rings. The van der Waals surface area contributed by atoms with Gasteiger partial charge in [-0.2, -0.15) is 13.2 Å². The molecular weight excluding hydrogens is 425 g/mol. The van der Waals surface area contributed by atoms with Crippen molar-refractivity contribution in [3.8, 4) is 11.5 Å². The number of hydrogen-bond donors (Lipinski definition) is 0. The predicted molar refractivity (Wildman–Crippen MR) is 112 cm³/mol. The van der Waals surface area contributed by atoms with E-state index in [0.717, 1.165) is 17.7 Å². The van der Waals surface area contributed by atoms with E-state index in [1.165, 1.54) is 12.1 Å². The van der Waals surface area contributed by atoms with Gasteiger partial charge in [0.05, 0.1) is 19.8 Å². The van der Waals surface area contributed by atoms with Crippen molar-refractivity contribution in [1.29, 1.82) is 0 Å². The number of carbonyl (C=O) groups excluding carboxylic acids is 2. The predicted octanol–water partition coefficient (Wildman–Crippen LogP) is 3.64. The molecule has 0 atom stereocenters. The highest BCUT2D eigenvalue weighted by Crippen LogP contribution is 2.30. The van der Waals surface area contributed by atoms with Crippen molar-refractivity contribution in [2.75, 3.05) is 40.4 Å². The monoisotopic (exact) mass is 450 g/mol. The van der Waals surface area contributed by atoms with E-state index in [1.54, 1.807) is 30.1 Å². The minimum atomic E-state index is -4.44. The standard InChI is InChI=1S/C23H25F3N2O4/c1-31-19-9-3-16(15-20(19)32-2)4-10-21(29)27-11-13-28(14-12-27)22(30)17-5-7-18(8-6-17)23(24,25)26/h3,5-9,15H,4,10-14H2,1-2H3. The number of rotatable bonds is 6. The van der Waals surface area contributed by atoms with Crippen molar-refractivity contribution < 1.29 is 32.2 Å². The molecule has 0 aliphatic carbocycles. The summed E-state index contributed by atoms with van der Waals surface area (Å²) in [6.07, 6.45) is -3.57. The average molecular weight is 450 g/mol. The van der Waals surface area contributed by atoms with Gasteiger partial charge >= 0.3 is 6.18 Å². The first-order chi connectivity index (χ1) is 15.2. The van der Waals surface area contributed by atoms with E-state index in [9.17, 15) is 22.8 Å². The Morgan fingerprint density at radius 1 is 0.875 bits per heavy atom. The number of alkyl halides is 3. The van der Waals surface area contributed by atoms with Crippen LogP contribution in [-0.4, -0.2) is 62.0 Å². The topological polar surface area (TPSA) is 59.1 Å². The fraction of sp³-hybridized carbons (Fsp3) is 0.391. The number of carbonyl (C=O) groups is 2. The van der Waals surface area contributed by atoms with Crippen LogP contribution in [-0.2, 0) is 17.4 Å². The molecule has 9 heteroatoms. The van der Waals surface area contributed by atoms with Crippen molar-refractivity contribution in [3.63, 3.8) is 0 Å². The third-order valence-electron chi connectivity index (χ3n) is 5.45. The first-order valence-corrected chi connectivity index (χ1v) is 10.2. The maximum absolute atomic E-state index is 12.7. The zero-order chi connectivity index (χ0) is 23.3. The molecule has 1 fully saturated rings. The average Bonchev–Trinajstić information content (AvgIpc) is 2.81. The number of halogens is 3. The SMILES string of the molecule is COc1ccc(CCC(=O)N2CCN(C(=O)c3ccc(C(F)(F)F)cc3)CC2)cc1OC. The summed E-state index contributed by atoms with van der Waals surface area (Å²) in [6.45, 7) is 1.44. The third-order valence-corrected chi connectivity index (χ3v) is 5.45. The van der Waals surface area contributed by atoms with Crippen LogP contribution in [0.3, 0.4) is 0 Å². The molecule has 3 rings (SSSR count). The van der Waals surface area contributed by atoms with Crippen LogP contribution in [0, 0.1) is 0 Å². The summed E-state index contributed by atoms with van der Waals surface area (Å²) in [6, 6.07) is 9.70. The van der Waals surface area contributed by atoms with E-state index in [0.29, 0.717) is 50.5 Å². The number of nitrogens with zero attached hydrogens (tertiary/aromatic N) is 2. The highest BCUT2D eigenvalue weighted by molar-refractivity contribution is 5.94. The highest BCUT2D eigenvalue weighted by Gasteiger charge is 2.31. The zero-order valence-electron chi connectivity index (χ0n) is 17.9. The largest absolute Gasteiger partial charge is 0.493 e. The first kappa shape index (κ1) is 23.4. The fourth-order valence-electron chi connectivity index (χ4n) is 3.59. The Kier molecular flexibility index (Phi) is 7.27. The Bertz CT molecular complexity index is 953. The van der Waals surface area contributed by atoms with Gasteiger partial charge in [-0.15, -0.1) is 0 Å². The van der Waals surface area contributed by atoms with Gasteiger partial charge in [-0.3, -0.25) is 9.59 Å². The number of piperazine rings is 1. The van der Waals surface area contributed by atoms with E-state index < -0.39 is 11.7 Å². The van der Waals surface area contributed by atoms with Crippen LogP contribution in [0.5, 0.6) is 11.5 Å². The van der Waals surface area contributed by atoms with Crippen molar-refractivity contribution in [1.82, 2.24) is 9.80 Å². The van der Waals surface area contributed by atoms with Gasteiger partial charge in [-0.25, -0.2) is 0 Å². The molecule has 0 bridgehead atoms. The van der Waals surface area contributed by atoms with E-state index in [1.807, 2.05) is 12.1 Å². The summed E-state index contributed by atoms with van der Waals surface area (Å²) in [5.41, 5.74) is 0.359. The summed E-state index contributed by atoms with van der Waals surface area (Å²) in [5.74, 6) is 0.877. The minimum Gasteiger partial charge on any atom is -0.493 e. The smallest absolute Gasteiger partial charge is 0.416 e. The van der Waals surface area contributed by atoms with Crippen molar-refractivity contribution in [2.24, 2.45) is 0 Å². The van der Waals surface area contributed by atoms with Crippen LogP contribution >= 0.6 is 0 Å². The molecule has 2 aromatic carbocycles. The van der Waals surface area contributed by atoms with Gasteiger partial charge in [-0.1, -0.05) is 6.07 Å². The van der Waals surface area contributed by atoms with Crippen molar-refractivity contribution in [3.05, 3.63) is 59.2 Å². The molecule has 0 radical (unpaired) electrons. The quantitative estimate of drug-likeness (QED) is 0.674. The van der Waals surface area contributed by atoms with E-state index in [2.05, 4.69) is 0 Å². The Balaban J connectivity index is 1.50. The lowest BCUT2D eigenvalue weighted by molar-refractivity contribution is -0.137. The molecule has 0 spiro atoms. The van der Waals surface area contributed by atoms with Crippen LogP contribution in [0.4, 0.5) is 13.2 Å². The first-order valence-electron chi connectivity index (χ1n) is 10.2. The normalized spacial score (nSPS) is 14.3. The van der Waals surface area contributed by atoms with Gasteiger partial charge in [-0.05, 0) is 48.4 Å². The number of ether oxygens (including phenoxy) is 2. The molecule has 0 aromatic heterocycles. The maximum Gasteiger partial charge on any atom is 0.416 e. The summed E-state index contributed by atoms with van der Waals surface area (Å²) < 4.78 is 48.6. The molecule has 6 nitrogen and oxygen atoms in total. The van der Waals surface area contributed by atoms with E-state index >= 15 is 0 Å². The molecule has 0 N–H and O–H groups in total. The summed E-state index contributed by atoms with van der Waals surface area (Å²) in [7, 11) is 3.11. The lowest BCUT2D eigenvalue weighted by atomic mass is 10.1. The van der Waals surface area contributed by atoms with Crippen LogP contribution in [0.15, 0.2) is 42.5 Å². The molecule has 2 amide bonds. The number of benzene rings is 2. The Morgan fingerprint density at radius 3 is 2.03 bits per heavy atom. The fourth-order valence-corrected chi connectivity index (χ4v) is 3.59. The van der Waals surface area contributed by atoms with Crippen molar-refractivity contribution >= 4 is 11.8 Å². The molecule has 1 heterocycles. The van der Waals surface area contributed by atoms with Crippen LogP contribution in [0.25, 0.3) is 0 Å². The van der Waals surface area contributed by atoms with E-state index in [-0.39, 0.29) is 17.4 Å². The van der Waals surface area contributed by atoms with Gasteiger partial charge in [0.25, 0.3) is 5.91 Å². The summed E-state index contributed by atoms with van der Waals surface area (Å²) in [5, 5.41) is 0. The second kappa shape index (κ2) is 9.93. The van der Waals surface area contributed by atoms with Crippen LogP contribution in [0.2, 0.25) is 0 Å². The molecule has 1 aliphatic heterocycles. The lowest BCUT2D eigenvalue weighted by Crippen LogP contribution is -2.50. The number of methoxy groups -OCH3 is 2. The molecule has 32 heavy (non-hydrogen) atoms. The third kappa shape index (κ3) is 5.52.